The van der Waals surface area contributed by atoms with Gasteiger partial charge in [0.2, 0.25) is 0 Å². The van der Waals surface area contributed by atoms with E-state index in [0.717, 1.165) is 17.7 Å². The van der Waals surface area contributed by atoms with E-state index in [9.17, 15) is 22.8 Å². The lowest BCUT2D eigenvalue weighted by Crippen LogP contribution is -2.31. The first kappa shape index (κ1) is 22.8. The number of carbonyl (C=O) groups is 2. The first-order chi connectivity index (χ1) is 15.2. The molecule has 0 spiro atoms. The molecule has 32 heavy (non-hydrogen) atoms. The molecule has 0 unspecified atom stereocenters. The number of carbonyl (C=O) groups excluding carboxylic acids is 2. The second kappa shape index (κ2) is 9.95. The van der Waals surface area contributed by atoms with Crippen molar-refractivity contribution >= 4 is 23.4 Å². The number of nitrogens with zero attached hydrogens (tertiary/aromatic N) is 1. The standard InChI is InChI=1S/C23H20F3N3O3/c1-15(16-7-3-2-4-8-16)28-20(30)14-32-22(31)19-11-6-12-27-21(19)29-18-10-5-9-17(13-18)23(24,25)26/h2-13,15H,14H2,1H3,(H,27,29)(H,28,30)/t15-/m1/s1. The van der Waals surface area contributed by atoms with Crippen LogP contribution in [0.25, 0.3) is 0 Å². The number of ether oxygens (including phenoxy) is 1. The number of esters is 1. The van der Waals surface area contributed by atoms with Gasteiger partial charge < -0.3 is 15.4 Å². The van der Waals surface area contributed by atoms with E-state index in [4.69, 9.17) is 4.74 Å². The fourth-order valence-corrected chi connectivity index (χ4v) is 2.90. The van der Waals surface area contributed by atoms with Crippen molar-refractivity contribution in [3.8, 4) is 0 Å². The number of rotatable bonds is 7. The zero-order valence-corrected chi connectivity index (χ0v) is 17.0. The molecule has 0 aliphatic heterocycles. The monoisotopic (exact) mass is 443 g/mol. The molecule has 3 rings (SSSR count). The second-order valence-corrected chi connectivity index (χ2v) is 6.88. The van der Waals surface area contributed by atoms with Crippen LogP contribution in [0.5, 0.6) is 0 Å². The number of pyridine rings is 1. The Morgan fingerprint density at radius 1 is 1.03 bits per heavy atom. The molecule has 0 saturated carbocycles. The van der Waals surface area contributed by atoms with Gasteiger partial charge in [0.25, 0.3) is 5.91 Å². The van der Waals surface area contributed by atoms with Crippen molar-refractivity contribution in [3.63, 3.8) is 0 Å². The molecule has 0 fully saturated rings. The number of amides is 1. The summed E-state index contributed by atoms with van der Waals surface area (Å²) in [6.07, 6.45) is -3.13. The predicted molar refractivity (Wildman–Crippen MR) is 112 cm³/mol. The molecule has 0 saturated heterocycles. The lowest BCUT2D eigenvalue weighted by Gasteiger charge is -2.15. The van der Waals surface area contributed by atoms with Crippen LogP contribution in [0.15, 0.2) is 72.9 Å². The van der Waals surface area contributed by atoms with Gasteiger partial charge in [0.1, 0.15) is 11.4 Å². The van der Waals surface area contributed by atoms with Crippen LogP contribution >= 0.6 is 0 Å². The third-order valence-corrected chi connectivity index (χ3v) is 4.49. The number of aromatic nitrogens is 1. The van der Waals surface area contributed by atoms with E-state index in [2.05, 4.69) is 15.6 Å². The maximum atomic E-state index is 12.9. The number of nitrogens with one attached hydrogen (secondary N) is 2. The van der Waals surface area contributed by atoms with E-state index >= 15 is 0 Å². The molecule has 1 amide bonds. The highest BCUT2D eigenvalue weighted by Crippen LogP contribution is 2.31. The van der Waals surface area contributed by atoms with Crippen molar-refractivity contribution in [2.75, 3.05) is 11.9 Å². The lowest BCUT2D eigenvalue weighted by atomic mass is 10.1. The van der Waals surface area contributed by atoms with Gasteiger partial charge in [0.15, 0.2) is 6.61 Å². The minimum Gasteiger partial charge on any atom is -0.452 e. The van der Waals surface area contributed by atoms with Crippen molar-refractivity contribution in [3.05, 3.63) is 89.6 Å². The van der Waals surface area contributed by atoms with Gasteiger partial charge in [-0.2, -0.15) is 13.2 Å². The largest absolute Gasteiger partial charge is 0.452 e. The normalized spacial score (nSPS) is 12.0. The van der Waals surface area contributed by atoms with Crippen LogP contribution in [-0.2, 0) is 15.7 Å². The van der Waals surface area contributed by atoms with Gasteiger partial charge in [-0.25, -0.2) is 9.78 Å². The van der Waals surface area contributed by atoms with Gasteiger partial charge in [0, 0.05) is 11.9 Å². The molecule has 9 heteroatoms. The summed E-state index contributed by atoms with van der Waals surface area (Å²) in [5.74, 6) is -1.32. The van der Waals surface area contributed by atoms with Gasteiger partial charge in [-0.3, -0.25) is 4.79 Å². The molecule has 0 aliphatic carbocycles. The average molecular weight is 443 g/mol. The third kappa shape index (κ3) is 6.07. The zero-order chi connectivity index (χ0) is 23.1. The van der Waals surface area contributed by atoms with Crippen LogP contribution in [0, 0.1) is 0 Å². The lowest BCUT2D eigenvalue weighted by molar-refractivity contribution is -0.137. The van der Waals surface area contributed by atoms with Crippen molar-refractivity contribution in [2.24, 2.45) is 0 Å². The van der Waals surface area contributed by atoms with E-state index < -0.39 is 30.2 Å². The summed E-state index contributed by atoms with van der Waals surface area (Å²) in [7, 11) is 0. The molecule has 2 N–H and O–H groups in total. The van der Waals surface area contributed by atoms with E-state index in [0.29, 0.717) is 0 Å². The van der Waals surface area contributed by atoms with Crippen LogP contribution in [0.3, 0.4) is 0 Å². The average Bonchev–Trinajstić information content (AvgIpc) is 2.78. The van der Waals surface area contributed by atoms with Gasteiger partial charge in [-0.1, -0.05) is 36.4 Å². The van der Waals surface area contributed by atoms with E-state index in [-0.39, 0.29) is 23.1 Å². The highest BCUT2D eigenvalue weighted by molar-refractivity contribution is 5.96. The Labute approximate surface area is 182 Å². The Balaban J connectivity index is 1.64. The number of alkyl halides is 3. The first-order valence-electron chi connectivity index (χ1n) is 9.65. The van der Waals surface area contributed by atoms with E-state index in [1.54, 1.807) is 6.92 Å². The molecule has 166 valence electrons. The molecule has 1 aromatic heterocycles. The molecule has 2 aromatic carbocycles. The summed E-state index contributed by atoms with van der Waals surface area (Å²) in [6.45, 7) is 1.28. The Kier molecular flexibility index (Phi) is 7.09. The molecular formula is C23H20F3N3O3. The van der Waals surface area contributed by atoms with E-state index in [1.165, 1.54) is 30.5 Å². The second-order valence-electron chi connectivity index (χ2n) is 6.88. The number of benzene rings is 2. The minimum absolute atomic E-state index is 0.00915. The Bertz CT molecular complexity index is 1090. The molecule has 0 aliphatic rings. The molecule has 1 heterocycles. The van der Waals surface area contributed by atoms with Gasteiger partial charge in [-0.05, 0) is 42.8 Å². The highest BCUT2D eigenvalue weighted by atomic mass is 19.4. The van der Waals surface area contributed by atoms with Gasteiger partial charge in [-0.15, -0.1) is 0 Å². The molecule has 0 radical (unpaired) electrons. The number of halogens is 3. The van der Waals surface area contributed by atoms with Crippen LogP contribution in [0.1, 0.15) is 34.5 Å². The molecule has 6 nitrogen and oxygen atoms in total. The number of anilines is 2. The number of hydrogen-bond donors (Lipinski definition) is 2. The van der Waals surface area contributed by atoms with Crippen molar-refractivity contribution in [2.45, 2.75) is 19.1 Å². The quantitative estimate of drug-likeness (QED) is 0.509. The zero-order valence-electron chi connectivity index (χ0n) is 17.0. The summed E-state index contributed by atoms with van der Waals surface area (Å²) in [5, 5.41) is 5.42. The fourth-order valence-electron chi connectivity index (χ4n) is 2.90. The predicted octanol–water partition coefficient (Wildman–Crippen LogP) is 4.88. The highest BCUT2D eigenvalue weighted by Gasteiger charge is 2.30. The van der Waals surface area contributed by atoms with Crippen molar-refractivity contribution in [1.82, 2.24) is 10.3 Å². The summed E-state index contributed by atoms with van der Waals surface area (Å²) in [5.41, 5.74) is 0.134. The van der Waals surface area contributed by atoms with Crippen LogP contribution in [0.2, 0.25) is 0 Å². The van der Waals surface area contributed by atoms with Crippen LogP contribution < -0.4 is 10.6 Å². The maximum Gasteiger partial charge on any atom is 0.416 e. The topological polar surface area (TPSA) is 80.3 Å². The smallest absolute Gasteiger partial charge is 0.416 e. The Morgan fingerprint density at radius 2 is 1.78 bits per heavy atom. The van der Waals surface area contributed by atoms with Gasteiger partial charge >= 0.3 is 12.1 Å². The summed E-state index contributed by atoms with van der Waals surface area (Å²) >= 11 is 0. The molecule has 1 atom stereocenters. The summed E-state index contributed by atoms with van der Waals surface area (Å²) < 4.78 is 43.9. The Hall–Kier alpha value is -3.88. The summed E-state index contributed by atoms with van der Waals surface area (Å²) in [6, 6.07) is 16.4. The number of hydrogen-bond acceptors (Lipinski definition) is 5. The van der Waals surface area contributed by atoms with Crippen LogP contribution in [0.4, 0.5) is 24.7 Å². The Morgan fingerprint density at radius 3 is 2.50 bits per heavy atom. The SMILES string of the molecule is C[C@@H](NC(=O)COC(=O)c1cccnc1Nc1cccc(C(F)(F)F)c1)c1ccccc1. The summed E-state index contributed by atoms with van der Waals surface area (Å²) in [4.78, 5) is 28.6. The molecular weight excluding hydrogens is 423 g/mol. The van der Waals surface area contributed by atoms with Gasteiger partial charge in [0.05, 0.1) is 11.6 Å². The first-order valence-corrected chi connectivity index (χ1v) is 9.65. The minimum atomic E-state index is -4.51. The molecule has 0 bridgehead atoms. The van der Waals surface area contributed by atoms with Crippen LogP contribution in [-0.4, -0.2) is 23.5 Å². The van der Waals surface area contributed by atoms with E-state index in [1.807, 2.05) is 30.3 Å². The third-order valence-electron chi connectivity index (χ3n) is 4.49. The maximum absolute atomic E-state index is 12.9. The fraction of sp³-hybridized carbons (Fsp3) is 0.174. The van der Waals surface area contributed by atoms with Crippen molar-refractivity contribution in [1.29, 1.82) is 0 Å². The van der Waals surface area contributed by atoms with Crippen molar-refractivity contribution < 1.29 is 27.5 Å². The molecule has 3 aromatic rings.